The fourth-order valence-electron chi connectivity index (χ4n) is 3.09. The van der Waals surface area contributed by atoms with Crippen LogP contribution in [0.1, 0.15) is 28.4 Å². The zero-order valence-electron chi connectivity index (χ0n) is 18.3. The van der Waals surface area contributed by atoms with E-state index in [4.69, 9.17) is 14.2 Å². The summed E-state index contributed by atoms with van der Waals surface area (Å²) >= 11 is 0. The first-order chi connectivity index (χ1) is 15.5. The summed E-state index contributed by atoms with van der Waals surface area (Å²) in [6.45, 7) is 2.06. The van der Waals surface area contributed by atoms with E-state index >= 15 is 0 Å². The van der Waals surface area contributed by atoms with Gasteiger partial charge in [-0.05, 0) is 72.2 Å². The number of amides is 1. The first-order valence-electron chi connectivity index (χ1n) is 10.1. The summed E-state index contributed by atoms with van der Waals surface area (Å²) in [5.41, 5.74) is 3.48. The van der Waals surface area contributed by atoms with E-state index < -0.39 is 5.97 Å². The molecule has 6 heteroatoms. The Kier molecular flexibility index (Phi) is 7.65. The second-order valence-electron chi connectivity index (χ2n) is 6.80. The molecule has 0 aliphatic heterocycles. The Morgan fingerprint density at radius 3 is 1.66 bits per heavy atom. The molecule has 3 aromatic rings. The molecule has 0 heterocycles. The minimum Gasteiger partial charge on any atom is -0.497 e. The molecule has 0 atom stereocenters. The van der Waals surface area contributed by atoms with E-state index in [2.05, 4.69) is 5.32 Å². The molecular weight excluding hydrogens is 406 g/mol. The topological polar surface area (TPSA) is 73.9 Å². The molecular formula is C26H25NO5. The summed E-state index contributed by atoms with van der Waals surface area (Å²) in [7, 11) is 3.21. The summed E-state index contributed by atoms with van der Waals surface area (Å²) in [6.07, 6.45) is 1.54. The van der Waals surface area contributed by atoms with E-state index in [0.717, 1.165) is 28.2 Å². The predicted molar refractivity (Wildman–Crippen MR) is 124 cm³/mol. The van der Waals surface area contributed by atoms with Gasteiger partial charge in [0.1, 0.15) is 11.5 Å². The van der Waals surface area contributed by atoms with Gasteiger partial charge < -0.3 is 19.5 Å². The van der Waals surface area contributed by atoms with Crippen LogP contribution in [0.4, 0.5) is 5.69 Å². The average Bonchev–Trinajstić information content (AvgIpc) is 2.83. The monoisotopic (exact) mass is 431 g/mol. The Balaban J connectivity index is 1.86. The molecule has 0 unspecified atom stereocenters. The molecule has 32 heavy (non-hydrogen) atoms. The van der Waals surface area contributed by atoms with Gasteiger partial charge in [0.2, 0.25) is 5.91 Å². The van der Waals surface area contributed by atoms with E-state index in [-0.39, 0.29) is 5.91 Å². The standard InChI is InChI=1S/C26H25NO5/c1-4-32-26(29)20-5-11-21(12-6-20)27-25(28)17-24(18-7-13-22(30-2)14-8-18)19-9-15-23(31-3)16-10-19/h5-17H,4H2,1-3H3,(H,27,28). The maximum atomic E-state index is 12.8. The number of carbonyl (C=O) groups excluding carboxylic acids is 2. The summed E-state index contributed by atoms with van der Waals surface area (Å²) in [5, 5.41) is 2.84. The molecule has 0 aliphatic carbocycles. The third kappa shape index (κ3) is 5.76. The van der Waals surface area contributed by atoms with Gasteiger partial charge in [0.05, 0.1) is 26.4 Å². The smallest absolute Gasteiger partial charge is 0.338 e. The first kappa shape index (κ1) is 22.6. The van der Waals surface area contributed by atoms with E-state index in [1.165, 1.54) is 0 Å². The summed E-state index contributed by atoms with van der Waals surface area (Å²) in [6, 6.07) is 21.5. The van der Waals surface area contributed by atoms with Gasteiger partial charge in [-0.1, -0.05) is 24.3 Å². The van der Waals surface area contributed by atoms with Crippen LogP contribution in [-0.2, 0) is 9.53 Å². The van der Waals surface area contributed by atoms with Crippen molar-refractivity contribution in [3.63, 3.8) is 0 Å². The summed E-state index contributed by atoms with van der Waals surface area (Å²) in [4.78, 5) is 24.6. The Morgan fingerprint density at radius 2 is 1.22 bits per heavy atom. The van der Waals surface area contributed by atoms with Crippen LogP contribution in [0.25, 0.3) is 5.57 Å². The Hall–Kier alpha value is -4.06. The van der Waals surface area contributed by atoms with Crippen LogP contribution in [0.2, 0.25) is 0 Å². The van der Waals surface area contributed by atoms with E-state index in [9.17, 15) is 9.59 Å². The average molecular weight is 431 g/mol. The van der Waals surface area contributed by atoms with E-state index in [1.54, 1.807) is 51.5 Å². The van der Waals surface area contributed by atoms with Crippen LogP contribution >= 0.6 is 0 Å². The SMILES string of the molecule is CCOC(=O)c1ccc(NC(=O)C=C(c2ccc(OC)cc2)c2ccc(OC)cc2)cc1. The van der Waals surface area contributed by atoms with Gasteiger partial charge in [-0.2, -0.15) is 0 Å². The van der Waals surface area contributed by atoms with Crippen LogP contribution in [0.5, 0.6) is 11.5 Å². The number of rotatable bonds is 8. The lowest BCUT2D eigenvalue weighted by atomic mass is 9.97. The zero-order chi connectivity index (χ0) is 22.9. The molecule has 1 N–H and O–H groups in total. The van der Waals surface area contributed by atoms with Crippen molar-refractivity contribution in [2.75, 3.05) is 26.1 Å². The molecule has 0 radical (unpaired) electrons. The van der Waals surface area contributed by atoms with Crippen molar-refractivity contribution in [3.05, 3.63) is 95.6 Å². The molecule has 0 aromatic heterocycles. The van der Waals surface area contributed by atoms with Gasteiger partial charge in [0.15, 0.2) is 0 Å². The molecule has 164 valence electrons. The highest BCUT2D eigenvalue weighted by Gasteiger charge is 2.11. The maximum Gasteiger partial charge on any atom is 0.338 e. The number of benzene rings is 3. The number of hydrogen-bond donors (Lipinski definition) is 1. The van der Waals surface area contributed by atoms with Crippen molar-refractivity contribution in [2.45, 2.75) is 6.92 Å². The van der Waals surface area contributed by atoms with Gasteiger partial charge in [-0.3, -0.25) is 4.79 Å². The molecule has 0 saturated heterocycles. The number of esters is 1. The van der Waals surface area contributed by atoms with E-state index in [1.807, 2.05) is 48.5 Å². The normalized spacial score (nSPS) is 10.1. The first-order valence-corrected chi connectivity index (χ1v) is 10.1. The summed E-state index contributed by atoms with van der Waals surface area (Å²) in [5.74, 6) is 0.769. The minimum atomic E-state index is -0.397. The van der Waals surface area contributed by atoms with Crippen molar-refractivity contribution in [1.29, 1.82) is 0 Å². The van der Waals surface area contributed by atoms with Crippen molar-refractivity contribution < 1.29 is 23.8 Å². The molecule has 0 spiro atoms. The third-order valence-corrected chi connectivity index (χ3v) is 4.74. The quantitative estimate of drug-likeness (QED) is 0.403. The van der Waals surface area contributed by atoms with Crippen LogP contribution in [0, 0.1) is 0 Å². The zero-order valence-corrected chi connectivity index (χ0v) is 18.3. The second kappa shape index (κ2) is 10.8. The number of hydrogen-bond acceptors (Lipinski definition) is 5. The van der Waals surface area contributed by atoms with Crippen molar-refractivity contribution in [2.24, 2.45) is 0 Å². The molecule has 0 aliphatic rings. The van der Waals surface area contributed by atoms with Gasteiger partial charge >= 0.3 is 5.97 Å². The Bertz CT molecular complexity index is 1040. The number of carbonyl (C=O) groups is 2. The number of ether oxygens (including phenoxy) is 3. The number of nitrogens with one attached hydrogen (secondary N) is 1. The van der Waals surface area contributed by atoms with Gasteiger partial charge in [0, 0.05) is 11.8 Å². The highest BCUT2D eigenvalue weighted by molar-refractivity contribution is 6.06. The molecule has 0 bridgehead atoms. The van der Waals surface area contributed by atoms with Crippen LogP contribution in [-0.4, -0.2) is 32.7 Å². The lowest BCUT2D eigenvalue weighted by Gasteiger charge is -2.11. The van der Waals surface area contributed by atoms with Gasteiger partial charge in [-0.15, -0.1) is 0 Å². The van der Waals surface area contributed by atoms with Crippen LogP contribution < -0.4 is 14.8 Å². The molecule has 3 rings (SSSR count). The Morgan fingerprint density at radius 1 is 0.750 bits per heavy atom. The van der Waals surface area contributed by atoms with Crippen molar-refractivity contribution >= 4 is 23.1 Å². The molecule has 0 saturated carbocycles. The number of anilines is 1. The fraction of sp³-hybridized carbons (Fsp3) is 0.154. The summed E-state index contributed by atoms with van der Waals surface area (Å²) < 4.78 is 15.5. The van der Waals surface area contributed by atoms with Crippen molar-refractivity contribution in [1.82, 2.24) is 0 Å². The van der Waals surface area contributed by atoms with E-state index in [0.29, 0.717) is 17.9 Å². The highest BCUT2D eigenvalue weighted by atomic mass is 16.5. The predicted octanol–water partition coefficient (Wildman–Crippen LogP) is 4.95. The highest BCUT2D eigenvalue weighted by Crippen LogP contribution is 2.27. The number of methoxy groups -OCH3 is 2. The minimum absolute atomic E-state index is 0.296. The van der Waals surface area contributed by atoms with Crippen molar-refractivity contribution in [3.8, 4) is 11.5 Å². The largest absolute Gasteiger partial charge is 0.497 e. The van der Waals surface area contributed by atoms with Crippen LogP contribution in [0.15, 0.2) is 78.9 Å². The lowest BCUT2D eigenvalue weighted by Crippen LogP contribution is -2.10. The maximum absolute atomic E-state index is 12.8. The fourth-order valence-corrected chi connectivity index (χ4v) is 3.09. The molecule has 1 amide bonds. The second-order valence-corrected chi connectivity index (χ2v) is 6.80. The Labute approximate surface area is 187 Å². The van der Waals surface area contributed by atoms with Gasteiger partial charge in [0.25, 0.3) is 0 Å². The third-order valence-electron chi connectivity index (χ3n) is 4.74. The van der Waals surface area contributed by atoms with Gasteiger partial charge in [-0.25, -0.2) is 4.79 Å². The van der Waals surface area contributed by atoms with Crippen LogP contribution in [0.3, 0.4) is 0 Å². The molecule has 6 nitrogen and oxygen atoms in total. The lowest BCUT2D eigenvalue weighted by molar-refractivity contribution is -0.111. The molecule has 3 aromatic carbocycles. The molecule has 0 fully saturated rings.